The van der Waals surface area contributed by atoms with Crippen molar-refractivity contribution in [3.8, 4) is 5.69 Å². The summed E-state index contributed by atoms with van der Waals surface area (Å²) >= 11 is 4.57. The van der Waals surface area contributed by atoms with Crippen LogP contribution in [0.2, 0.25) is 5.02 Å². The second-order valence-corrected chi connectivity index (χ2v) is 7.63. The minimum atomic E-state index is -1.27. The average molecular weight is 310 g/mol. The zero-order valence-electron chi connectivity index (χ0n) is 11.6. The first-order valence-electron chi connectivity index (χ1n) is 6.14. The Balaban J connectivity index is 2.13. The van der Waals surface area contributed by atoms with Crippen LogP contribution in [0.15, 0.2) is 40.9 Å². The van der Waals surface area contributed by atoms with E-state index in [2.05, 4.69) is 9.50 Å². The number of hydrogen-bond acceptors (Lipinski definition) is 3. The molecule has 0 aliphatic carbocycles. The first kappa shape index (κ1) is 15.1. The molecule has 0 aliphatic heterocycles. The first-order valence-corrected chi connectivity index (χ1v) is 7.62. The van der Waals surface area contributed by atoms with Gasteiger partial charge in [0.15, 0.2) is 0 Å². The van der Waals surface area contributed by atoms with E-state index in [1.807, 2.05) is 45.2 Å². The fraction of sp³-hybridized carbons (Fsp3) is 0.286. The summed E-state index contributed by atoms with van der Waals surface area (Å²) in [7, 11) is 0. The van der Waals surface area contributed by atoms with E-state index < -0.39 is 11.4 Å². The van der Waals surface area contributed by atoms with Crippen LogP contribution in [-0.2, 0) is 11.4 Å². The van der Waals surface area contributed by atoms with E-state index in [0.717, 1.165) is 5.69 Å². The molecular formula is C14H16ClN3OS. The molecular weight excluding hydrogens is 294 g/mol. The second-order valence-electron chi connectivity index (χ2n) is 5.26. The molecule has 0 bridgehead atoms. The maximum Gasteiger partial charge on any atom is 0.144 e. The summed E-state index contributed by atoms with van der Waals surface area (Å²) in [5.74, 6) is 0. The van der Waals surface area contributed by atoms with Crippen molar-refractivity contribution in [2.45, 2.75) is 25.5 Å². The monoisotopic (exact) mass is 309 g/mol. The smallest absolute Gasteiger partial charge is 0.144 e. The highest BCUT2D eigenvalue weighted by atomic mass is 35.5. The Morgan fingerprint density at radius 1 is 1.25 bits per heavy atom. The lowest BCUT2D eigenvalue weighted by Crippen LogP contribution is -2.25. The van der Waals surface area contributed by atoms with E-state index >= 15 is 0 Å². The molecule has 0 saturated heterocycles. The lowest BCUT2D eigenvalue weighted by Gasteiger charge is -2.17. The van der Waals surface area contributed by atoms with Crippen molar-refractivity contribution in [1.29, 1.82) is 0 Å². The van der Waals surface area contributed by atoms with E-state index in [9.17, 15) is 4.55 Å². The molecule has 6 heteroatoms. The number of aromatic nitrogens is 2. The summed E-state index contributed by atoms with van der Waals surface area (Å²) in [4.78, 5) is 0. The molecule has 0 aliphatic rings. The van der Waals surface area contributed by atoms with Crippen molar-refractivity contribution in [1.82, 2.24) is 9.78 Å². The predicted octanol–water partition coefficient (Wildman–Crippen LogP) is 3.41. The number of benzene rings is 1. The van der Waals surface area contributed by atoms with Gasteiger partial charge in [0.05, 0.1) is 5.69 Å². The number of hydrogen-bond donors (Lipinski definition) is 0. The lowest BCUT2D eigenvalue weighted by molar-refractivity contribution is 0.562. The molecule has 0 radical (unpaired) electrons. The average Bonchev–Trinajstić information content (AvgIpc) is 2.84. The van der Waals surface area contributed by atoms with E-state index in [1.165, 1.54) is 6.21 Å². The van der Waals surface area contributed by atoms with E-state index in [1.54, 1.807) is 16.8 Å². The van der Waals surface area contributed by atoms with Crippen molar-refractivity contribution in [3.05, 3.63) is 47.2 Å². The summed E-state index contributed by atoms with van der Waals surface area (Å²) in [5, 5.41) is 5.04. The van der Waals surface area contributed by atoms with Gasteiger partial charge in [-0.05, 0) is 51.1 Å². The van der Waals surface area contributed by atoms with Gasteiger partial charge in [-0.2, -0.15) is 5.10 Å². The van der Waals surface area contributed by atoms with Gasteiger partial charge in [0.25, 0.3) is 0 Å². The van der Waals surface area contributed by atoms with Gasteiger partial charge < -0.3 is 4.55 Å². The molecule has 1 aromatic carbocycles. The molecule has 0 unspecified atom stereocenters. The molecule has 2 aromatic rings. The molecule has 106 valence electrons. The topological polar surface area (TPSA) is 53.2 Å². The third-order valence-electron chi connectivity index (χ3n) is 2.51. The van der Waals surface area contributed by atoms with Crippen LogP contribution in [0, 0.1) is 0 Å². The van der Waals surface area contributed by atoms with E-state index in [4.69, 9.17) is 11.6 Å². The summed E-state index contributed by atoms with van der Waals surface area (Å²) in [6.07, 6.45) is 3.36. The molecule has 1 aromatic heterocycles. The minimum Gasteiger partial charge on any atom is -0.591 e. The normalized spacial score (nSPS) is 13.8. The van der Waals surface area contributed by atoms with Crippen LogP contribution in [-0.4, -0.2) is 25.3 Å². The van der Waals surface area contributed by atoms with Gasteiger partial charge in [0.2, 0.25) is 0 Å². The Morgan fingerprint density at radius 3 is 2.50 bits per heavy atom. The third kappa shape index (κ3) is 3.85. The Labute approximate surface area is 126 Å². The van der Waals surface area contributed by atoms with Crippen molar-refractivity contribution in [3.63, 3.8) is 0 Å². The highest BCUT2D eigenvalue weighted by Crippen LogP contribution is 2.17. The first-order chi connectivity index (χ1) is 9.36. The third-order valence-corrected chi connectivity index (χ3v) is 4.10. The van der Waals surface area contributed by atoms with Gasteiger partial charge in [-0.1, -0.05) is 16.0 Å². The maximum atomic E-state index is 11.8. The summed E-state index contributed by atoms with van der Waals surface area (Å²) in [5.41, 5.74) is 1.57. The van der Waals surface area contributed by atoms with E-state index in [-0.39, 0.29) is 4.75 Å². The van der Waals surface area contributed by atoms with Gasteiger partial charge in [-0.25, -0.2) is 4.68 Å². The molecule has 0 N–H and O–H groups in total. The molecule has 2 rings (SSSR count). The SMILES string of the molecule is CC(C)(C)[S@@+]([O-])/N=C/c1ccn(-c2ccc(Cl)cc2)n1. The number of rotatable bonds is 3. The number of halogens is 1. The lowest BCUT2D eigenvalue weighted by atomic mass is 10.3. The van der Waals surface area contributed by atoms with Crippen molar-refractivity contribution >= 4 is 29.2 Å². The number of nitrogens with zero attached hydrogens (tertiary/aromatic N) is 3. The van der Waals surface area contributed by atoms with Gasteiger partial charge >= 0.3 is 0 Å². The van der Waals surface area contributed by atoms with Gasteiger partial charge in [-0.3, -0.25) is 0 Å². The zero-order chi connectivity index (χ0) is 14.8. The highest BCUT2D eigenvalue weighted by molar-refractivity contribution is 7.91. The van der Waals surface area contributed by atoms with Gasteiger partial charge in [0.1, 0.15) is 28.0 Å². The molecule has 0 saturated carbocycles. The Bertz CT molecular complexity index is 602. The van der Waals surface area contributed by atoms with Crippen LogP contribution in [0.5, 0.6) is 0 Å². The van der Waals surface area contributed by atoms with Gasteiger partial charge in [0, 0.05) is 11.2 Å². The zero-order valence-corrected chi connectivity index (χ0v) is 13.1. The van der Waals surface area contributed by atoms with Crippen LogP contribution in [0.25, 0.3) is 5.69 Å². The molecule has 0 amide bonds. The van der Waals surface area contributed by atoms with E-state index in [0.29, 0.717) is 10.7 Å². The van der Waals surface area contributed by atoms with Crippen LogP contribution < -0.4 is 0 Å². The molecule has 4 nitrogen and oxygen atoms in total. The van der Waals surface area contributed by atoms with Crippen molar-refractivity contribution < 1.29 is 4.55 Å². The largest absolute Gasteiger partial charge is 0.591 e. The van der Waals surface area contributed by atoms with Crippen LogP contribution >= 0.6 is 11.6 Å². The summed E-state index contributed by atoms with van der Waals surface area (Å²) in [6.45, 7) is 5.65. The maximum absolute atomic E-state index is 11.8. The predicted molar refractivity (Wildman–Crippen MR) is 84.1 cm³/mol. The Kier molecular flexibility index (Phi) is 4.52. The standard InChI is InChI=1S/C14H16ClN3OS/c1-14(2,3)20(19)16-10-12-8-9-18(17-12)13-6-4-11(15)5-7-13/h4-10H,1-3H3/b16-10+/t20-/m1/s1. The summed E-state index contributed by atoms with van der Waals surface area (Å²) < 4.78 is 17.2. The minimum absolute atomic E-state index is 0.366. The second kappa shape index (κ2) is 5.99. The fourth-order valence-corrected chi connectivity index (χ4v) is 2.05. The van der Waals surface area contributed by atoms with Crippen LogP contribution in [0.3, 0.4) is 0 Å². The summed E-state index contributed by atoms with van der Waals surface area (Å²) in [6, 6.07) is 9.19. The fourth-order valence-electron chi connectivity index (χ4n) is 1.40. The van der Waals surface area contributed by atoms with Crippen LogP contribution in [0.1, 0.15) is 26.5 Å². The molecule has 20 heavy (non-hydrogen) atoms. The quantitative estimate of drug-likeness (QED) is 0.644. The van der Waals surface area contributed by atoms with Crippen molar-refractivity contribution in [2.75, 3.05) is 0 Å². The molecule has 1 heterocycles. The molecule has 0 spiro atoms. The molecule has 1 atom stereocenters. The van der Waals surface area contributed by atoms with Crippen LogP contribution in [0.4, 0.5) is 0 Å². The van der Waals surface area contributed by atoms with Crippen molar-refractivity contribution in [2.24, 2.45) is 4.40 Å². The highest BCUT2D eigenvalue weighted by Gasteiger charge is 2.25. The van der Waals surface area contributed by atoms with Gasteiger partial charge in [-0.15, -0.1) is 0 Å². The Morgan fingerprint density at radius 2 is 1.90 bits per heavy atom. The Hall–Kier alpha value is -1.30. The molecule has 0 fully saturated rings.